The van der Waals surface area contributed by atoms with Gasteiger partial charge in [0.1, 0.15) is 16.5 Å². The molecule has 0 fully saturated rings. The van der Waals surface area contributed by atoms with Gasteiger partial charge in [0.2, 0.25) is 0 Å². The van der Waals surface area contributed by atoms with E-state index in [4.69, 9.17) is 22.7 Å². The number of hydrogen-bond donors (Lipinski definition) is 1. The molecule has 0 bridgehead atoms. The molecule has 0 aliphatic heterocycles. The molecule has 2 N–H and O–H groups in total. The van der Waals surface area contributed by atoms with Gasteiger partial charge in [-0.2, -0.15) is 0 Å². The summed E-state index contributed by atoms with van der Waals surface area (Å²) in [4.78, 5) is 4.51. The predicted molar refractivity (Wildman–Crippen MR) is 76.1 cm³/mol. The van der Waals surface area contributed by atoms with E-state index >= 15 is 0 Å². The average molecular weight is 258 g/mol. The Morgan fingerprint density at radius 3 is 2.61 bits per heavy atom. The van der Waals surface area contributed by atoms with Crippen LogP contribution >= 0.6 is 12.2 Å². The second kappa shape index (κ2) is 5.14. The van der Waals surface area contributed by atoms with Gasteiger partial charge in [0.15, 0.2) is 0 Å². The molecule has 3 nitrogen and oxygen atoms in total. The van der Waals surface area contributed by atoms with Crippen molar-refractivity contribution in [1.82, 2.24) is 4.98 Å². The fourth-order valence-corrected chi connectivity index (χ4v) is 1.73. The molecule has 18 heavy (non-hydrogen) atoms. The highest BCUT2D eigenvalue weighted by Gasteiger charge is 2.08. The molecule has 1 aromatic carbocycles. The fraction of sp³-hybridized carbons (Fsp3) is 0.143. The van der Waals surface area contributed by atoms with Crippen LogP contribution < -0.4 is 10.5 Å². The maximum atomic E-state index is 5.75. The zero-order valence-electron chi connectivity index (χ0n) is 10.3. The van der Waals surface area contributed by atoms with Gasteiger partial charge in [0, 0.05) is 5.69 Å². The lowest BCUT2D eigenvalue weighted by Crippen LogP contribution is -2.11. The van der Waals surface area contributed by atoms with Crippen molar-refractivity contribution in [2.45, 2.75) is 13.8 Å². The lowest BCUT2D eigenvalue weighted by atomic mass is 10.1. The molecule has 0 atom stereocenters. The van der Waals surface area contributed by atoms with Crippen molar-refractivity contribution in [2.24, 2.45) is 5.73 Å². The molecule has 92 valence electrons. The van der Waals surface area contributed by atoms with E-state index in [1.807, 2.05) is 44.2 Å². The Labute approximate surface area is 112 Å². The Hall–Kier alpha value is -1.94. The van der Waals surface area contributed by atoms with Gasteiger partial charge in [-0.15, -0.1) is 0 Å². The van der Waals surface area contributed by atoms with Crippen molar-refractivity contribution in [3.63, 3.8) is 0 Å². The molecule has 4 heteroatoms. The minimum atomic E-state index is 0.328. The first-order valence-corrected chi connectivity index (χ1v) is 5.98. The molecule has 0 spiro atoms. The van der Waals surface area contributed by atoms with E-state index in [1.54, 1.807) is 6.20 Å². The number of nitrogens with two attached hydrogens (primary N) is 1. The van der Waals surface area contributed by atoms with E-state index in [1.165, 1.54) is 0 Å². The van der Waals surface area contributed by atoms with Crippen LogP contribution in [-0.2, 0) is 0 Å². The van der Waals surface area contributed by atoms with Crippen LogP contribution in [-0.4, -0.2) is 9.97 Å². The largest absolute Gasteiger partial charge is 0.455 e. The molecule has 1 heterocycles. The molecule has 0 saturated heterocycles. The Morgan fingerprint density at radius 2 is 2.00 bits per heavy atom. The number of rotatable bonds is 3. The molecule has 0 amide bonds. The molecular formula is C14H14N2OS. The molecule has 0 aliphatic carbocycles. The maximum Gasteiger partial charge on any atom is 0.145 e. The molecule has 1 aromatic heterocycles. The van der Waals surface area contributed by atoms with E-state index in [2.05, 4.69) is 4.98 Å². The summed E-state index contributed by atoms with van der Waals surface area (Å²) in [7, 11) is 0. The molecule has 0 unspecified atom stereocenters. The van der Waals surface area contributed by atoms with Crippen LogP contribution in [0.25, 0.3) is 0 Å². The number of pyridine rings is 1. The summed E-state index contributed by atoms with van der Waals surface area (Å²) in [5, 5.41) is 0. The number of aryl methyl sites for hydroxylation is 2. The second-order valence-corrected chi connectivity index (χ2v) is 4.54. The molecule has 0 saturated carbocycles. The fourth-order valence-electron chi connectivity index (χ4n) is 1.57. The minimum Gasteiger partial charge on any atom is -0.455 e. The molecular weight excluding hydrogens is 244 g/mol. The smallest absolute Gasteiger partial charge is 0.145 e. The lowest BCUT2D eigenvalue weighted by Gasteiger charge is -2.10. The molecule has 2 aromatic rings. The topological polar surface area (TPSA) is 48.1 Å². The van der Waals surface area contributed by atoms with Gasteiger partial charge in [-0.05, 0) is 38.1 Å². The van der Waals surface area contributed by atoms with Crippen LogP contribution in [0.3, 0.4) is 0 Å². The molecule has 0 radical (unpaired) electrons. The Kier molecular flexibility index (Phi) is 3.58. The summed E-state index contributed by atoms with van der Waals surface area (Å²) in [6.45, 7) is 3.91. The quantitative estimate of drug-likeness (QED) is 0.859. The van der Waals surface area contributed by atoms with Gasteiger partial charge in [-0.25, -0.2) is 0 Å². The monoisotopic (exact) mass is 258 g/mol. The number of benzene rings is 1. The first-order chi connectivity index (χ1) is 8.56. The third kappa shape index (κ3) is 2.84. The van der Waals surface area contributed by atoms with Crippen molar-refractivity contribution >= 4 is 17.2 Å². The normalized spacial score (nSPS) is 10.1. The van der Waals surface area contributed by atoms with Crippen LogP contribution in [0.2, 0.25) is 0 Å². The van der Waals surface area contributed by atoms with E-state index in [0.29, 0.717) is 16.5 Å². The summed E-state index contributed by atoms with van der Waals surface area (Å²) in [6, 6.07) is 9.50. The summed E-state index contributed by atoms with van der Waals surface area (Å²) < 4.78 is 5.75. The standard InChI is InChI=1S/C14H14N2OS/c1-9-3-6-13(12(7-9)14(15)18)17-11-5-4-10(2)16-8-11/h3-8H,1-2H3,(H2,15,18). The highest BCUT2D eigenvalue weighted by molar-refractivity contribution is 7.80. The third-order valence-electron chi connectivity index (χ3n) is 2.51. The van der Waals surface area contributed by atoms with Crippen molar-refractivity contribution in [3.8, 4) is 11.5 Å². The van der Waals surface area contributed by atoms with Crippen molar-refractivity contribution in [1.29, 1.82) is 0 Å². The number of nitrogens with zero attached hydrogens (tertiary/aromatic N) is 1. The summed E-state index contributed by atoms with van der Waals surface area (Å²) in [5.74, 6) is 1.32. The number of ether oxygens (including phenoxy) is 1. The highest BCUT2D eigenvalue weighted by Crippen LogP contribution is 2.25. The Bertz CT molecular complexity index is 579. The van der Waals surface area contributed by atoms with Crippen LogP contribution in [0.15, 0.2) is 36.5 Å². The van der Waals surface area contributed by atoms with Gasteiger partial charge in [0.05, 0.1) is 11.8 Å². The maximum absolute atomic E-state index is 5.75. The third-order valence-corrected chi connectivity index (χ3v) is 2.73. The zero-order valence-corrected chi connectivity index (χ0v) is 11.1. The number of aromatic nitrogens is 1. The summed E-state index contributed by atoms with van der Waals surface area (Å²) in [6.07, 6.45) is 1.68. The van der Waals surface area contributed by atoms with Crippen molar-refractivity contribution < 1.29 is 4.74 Å². The van der Waals surface area contributed by atoms with E-state index in [9.17, 15) is 0 Å². The van der Waals surface area contributed by atoms with Gasteiger partial charge in [0.25, 0.3) is 0 Å². The van der Waals surface area contributed by atoms with E-state index in [0.717, 1.165) is 16.8 Å². The Morgan fingerprint density at radius 1 is 1.22 bits per heavy atom. The SMILES string of the molecule is Cc1ccc(Oc2ccc(C)nc2)c(C(N)=S)c1. The van der Waals surface area contributed by atoms with Crippen molar-refractivity contribution in [3.05, 3.63) is 53.3 Å². The summed E-state index contributed by atoms with van der Waals surface area (Å²) >= 11 is 5.03. The van der Waals surface area contributed by atoms with Crippen LogP contribution in [0.1, 0.15) is 16.8 Å². The van der Waals surface area contributed by atoms with Crippen LogP contribution in [0.5, 0.6) is 11.5 Å². The van der Waals surface area contributed by atoms with Gasteiger partial charge in [-0.3, -0.25) is 4.98 Å². The summed E-state index contributed by atoms with van der Waals surface area (Å²) in [5.41, 5.74) is 8.47. The van der Waals surface area contributed by atoms with Gasteiger partial charge in [-0.1, -0.05) is 23.8 Å². The average Bonchev–Trinajstić information content (AvgIpc) is 2.34. The number of thiocarbonyl (C=S) groups is 1. The second-order valence-electron chi connectivity index (χ2n) is 4.10. The molecule has 0 aliphatic rings. The van der Waals surface area contributed by atoms with E-state index < -0.39 is 0 Å². The van der Waals surface area contributed by atoms with Crippen molar-refractivity contribution in [2.75, 3.05) is 0 Å². The first-order valence-electron chi connectivity index (χ1n) is 5.57. The van der Waals surface area contributed by atoms with Gasteiger partial charge >= 0.3 is 0 Å². The number of hydrogen-bond acceptors (Lipinski definition) is 3. The predicted octanol–water partition coefficient (Wildman–Crippen LogP) is 3.12. The van der Waals surface area contributed by atoms with Crippen LogP contribution in [0.4, 0.5) is 0 Å². The minimum absolute atomic E-state index is 0.328. The Balaban J connectivity index is 2.34. The zero-order chi connectivity index (χ0) is 13.1. The molecule has 2 rings (SSSR count). The highest BCUT2D eigenvalue weighted by atomic mass is 32.1. The van der Waals surface area contributed by atoms with Gasteiger partial charge < -0.3 is 10.5 Å². The van der Waals surface area contributed by atoms with E-state index in [-0.39, 0.29) is 0 Å². The first kappa shape index (κ1) is 12.5. The van der Waals surface area contributed by atoms with Crippen LogP contribution in [0, 0.1) is 13.8 Å². The lowest BCUT2D eigenvalue weighted by molar-refractivity contribution is 0.479.